The lowest BCUT2D eigenvalue weighted by Crippen LogP contribution is -2.40. The molecule has 0 saturated heterocycles. The number of fused-ring (bicyclic) bond motifs is 1. The van der Waals surface area contributed by atoms with Crippen LogP contribution in [0.25, 0.3) is 0 Å². The lowest BCUT2D eigenvalue weighted by Gasteiger charge is -2.28. The van der Waals surface area contributed by atoms with Gasteiger partial charge in [0.25, 0.3) is 11.0 Å². The molecule has 0 fully saturated rings. The van der Waals surface area contributed by atoms with E-state index < -0.39 is 5.09 Å². The van der Waals surface area contributed by atoms with Gasteiger partial charge in [0.2, 0.25) is 0 Å². The summed E-state index contributed by atoms with van der Waals surface area (Å²) in [7, 11) is 0. The van der Waals surface area contributed by atoms with Gasteiger partial charge in [-0.15, -0.1) is 10.1 Å². The van der Waals surface area contributed by atoms with Crippen molar-refractivity contribution < 1.29 is 24.3 Å². The second-order valence-electron chi connectivity index (χ2n) is 4.59. The van der Waals surface area contributed by atoms with Crippen molar-refractivity contribution in [1.29, 1.82) is 0 Å². The molecule has 0 radical (unpaired) electrons. The minimum absolute atomic E-state index is 0.0398. The molecule has 1 aromatic carbocycles. The fourth-order valence-electron chi connectivity index (χ4n) is 2.00. The molecule has 2 rings (SSSR count). The number of benzene rings is 1. The summed E-state index contributed by atoms with van der Waals surface area (Å²) < 4.78 is 5.45. The number of rotatable bonds is 6. The molecule has 0 spiro atoms. The Morgan fingerprint density at radius 1 is 1.52 bits per heavy atom. The van der Waals surface area contributed by atoms with Crippen molar-refractivity contribution in [2.24, 2.45) is 0 Å². The van der Waals surface area contributed by atoms with E-state index in [9.17, 15) is 19.7 Å². The van der Waals surface area contributed by atoms with E-state index in [4.69, 9.17) is 4.74 Å². The Balaban J connectivity index is 2.02. The maximum absolute atomic E-state index is 12.2. The summed E-state index contributed by atoms with van der Waals surface area (Å²) in [5, 5.41) is 14.4. The quantitative estimate of drug-likeness (QED) is 0.590. The number of nitrogens with zero attached hydrogens (tertiary/aromatic N) is 2. The molecule has 1 aliphatic heterocycles. The Morgan fingerprint density at radius 2 is 2.30 bits per heavy atom. The third-order valence-electron chi connectivity index (χ3n) is 3.03. The molecule has 1 heterocycles. The van der Waals surface area contributed by atoms with Gasteiger partial charge in [-0.1, -0.05) is 0 Å². The zero-order chi connectivity index (χ0) is 16.8. The van der Waals surface area contributed by atoms with Crippen LogP contribution in [0.1, 0.15) is 17.3 Å². The minimum Gasteiger partial charge on any atom is -0.472 e. The molecular formula is C13H16N4O6. The third-order valence-corrected chi connectivity index (χ3v) is 3.03. The predicted octanol–water partition coefficient (Wildman–Crippen LogP) is 0.828. The van der Waals surface area contributed by atoms with Crippen molar-refractivity contribution in [3.05, 3.63) is 33.9 Å². The van der Waals surface area contributed by atoms with E-state index in [1.807, 2.05) is 0 Å². The lowest BCUT2D eigenvalue weighted by molar-refractivity contribution is -0.757. The van der Waals surface area contributed by atoms with Gasteiger partial charge in [-0.3, -0.25) is 4.79 Å². The maximum Gasteiger partial charge on any atom is 0.319 e. The second kappa shape index (κ2) is 7.29. The average molecular weight is 324 g/mol. The van der Waals surface area contributed by atoms with Crippen LogP contribution in [0.5, 0.6) is 5.75 Å². The SMILES string of the molecule is CCNC(=O)Nc1ccc2c(c1)OCN(CCO[N+](=O)[O-])C2=O. The molecule has 10 heteroatoms. The van der Waals surface area contributed by atoms with Crippen LogP contribution in [-0.4, -0.2) is 48.4 Å². The Bertz CT molecular complexity index is 620. The topological polar surface area (TPSA) is 123 Å². The Hall–Kier alpha value is -3.04. The number of anilines is 1. The van der Waals surface area contributed by atoms with E-state index >= 15 is 0 Å². The van der Waals surface area contributed by atoms with E-state index in [-0.39, 0.29) is 31.8 Å². The summed E-state index contributed by atoms with van der Waals surface area (Å²) in [5.74, 6) is 0.0264. The molecule has 0 saturated carbocycles. The number of carbonyl (C=O) groups excluding carboxylic acids is 2. The van der Waals surface area contributed by atoms with Gasteiger partial charge in [0.05, 0.1) is 5.56 Å². The highest BCUT2D eigenvalue weighted by atomic mass is 16.9. The predicted molar refractivity (Wildman–Crippen MR) is 78.6 cm³/mol. The highest BCUT2D eigenvalue weighted by Crippen LogP contribution is 2.28. The average Bonchev–Trinajstić information content (AvgIpc) is 2.49. The normalized spacial score (nSPS) is 12.9. The van der Waals surface area contributed by atoms with Gasteiger partial charge in [-0.05, 0) is 19.1 Å². The molecular weight excluding hydrogens is 308 g/mol. The molecule has 23 heavy (non-hydrogen) atoms. The first kappa shape index (κ1) is 16.3. The van der Waals surface area contributed by atoms with Gasteiger partial charge >= 0.3 is 6.03 Å². The van der Waals surface area contributed by atoms with Crippen LogP contribution in [-0.2, 0) is 4.84 Å². The molecule has 124 valence electrons. The number of nitrogens with one attached hydrogen (secondary N) is 2. The van der Waals surface area contributed by atoms with Crippen LogP contribution < -0.4 is 15.4 Å². The van der Waals surface area contributed by atoms with Crippen LogP contribution in [0.3, 0.4) is 0 Å². The number of urea groups is 1. The molecule has 0 bridgehead atoms. The Labute approximate surface area is 131 Å². The van der Waals surface area contributed by atoms with Gasteiger partial charge in [0, 0.05) is 24.8 Å². The molecule has 1 aromatic rings. The first-order valence-electron chi connectivity index (χ1n) is 6.89. The zero-order valence-electron chi connectivity index (χ0n) is 12.4. The first-order valence-corrected chi connectivity index (χ1v) is 6.89. The Morgan fingerprint density at radius 3 is 3.00 bits per heavy atom. The molecule has 10 nitrogen and oxygen atoms in total. The smallest absolute Gasteiger partial charge is 0.319 e. The van der Waals surface area contributed by atoms with Crippen LogP contribution in [0.4, 0.5) is 10.5 Å². The summed E-state index contributed by atoms with van der Waals surface area (Å²) >= 11 is 0. The lowest BCUT2D eigenvalue weighted by atomic mass is 10.1. The molecule has 0 aromatic heterocycles. The van der Waals surface area contributed by atoms with E-state index in [1.54, 1.807) is 19.1 Å². The van der Waals surface area contributed by atoms with E-state index in [1.165, 1.54) is 11.0 Å². The molecule has 1 aliphatic rings. The largest absolute Gasteiger partial charge is 0.472 e. The van der Waals surface area contributed by atoms with Crippen LogP contribution in [0, 0.1) is 10.1 Å². The van der Waals surface area contributed by atoms with Crippen molar-refractivity contribution in [1.82, 2.24) is 10.2 Å². The van der Waals surface area contributed by atoms with Crippen LogP contribution in [0.2, 0.25) is 0 Å². The second-order valence-corrected chi connectivity index (χ2v) is 4.59. The number of hydrogen-bond acceptors (Lipinski definition) is 6. The molecule has 0 aliphatic carbocycles. The van der Waals surface area contributed by atoms with Gasteiger partial charge in [0.15, 0.2) is 6.73 Å². The van der Waals surface area contributed by atoms with Crippen molar-refractivity contribution in [3.63, 3.8) is 0 Å². The van der Waals surface area contributed by atoms with Crippen molar-refractivity contribution in [2.45, 2.75) is 6.92 Å². The molecule has 0 unspecified atom stereocenters. The number of carbonyl (C=O) groups is 2. The minimum atomic E-state index is -0.914. The highest BCUT2D eigenvalue weighted by Gasteiger charge is 2.25. The zero-order valence-corrected chi connectivity index (χ0v) is 12.4. The Kier molecular flexibility index (Phi) is 5.18. The third kappa shape index (κ3) is 4.22. The standard InChI is InChI=1S/C13H16N4O6/c1-2-14-13(19)15-9-3-4-10-11(7-9)22-8-16(12(10)18)5-6-23-17(20)21/h3-4,7H,2,5-6,8H2,1H3,(H2,14,15,19). The number of amides is 3. The van der Waals surface area contributed by atoms with E-state index in [0.29, 0.717) is 23.5 Å². The number of hydrogen-bond donors (Lipinski definition) is 2. The fraction of sp³-hybridized carbons (Fsp3) is 0.385. The summed E-state index contributed by atoms with van der Waals surface area (Å²) in [6.07, 6.45) is 0. The summed E-state index contributed by atoms with van der Waals surface area (Å²) in [5.41, 5.74) is 0.812. The molecule has 0 atom stereocenters. The van der Waals surface area contributed by atoms with Crippen LogP contribution >= 0.6 is 0 Å². The number of ether oxygens (including phenoxy) is 1. The summed E-state index contributed by atoms with van der Waals surface area (Å²) in [4.78, 5) is 39.3. The maximum atomic E-state index is 12.2. The molecule has 2 N–H and O–H groups in total. The first-order chi connectivity index (χ1) is 11.0. The monoisotopic (exact) mass is 324 g/mol. The van der Waals surface area contributed by atoms with E-state index in [0.717, 1.165) is 0 Å². The van der Waals surface area contributed by atoms with Gasteiger partial charge < -0.3 is 25.1 Å². The van der Waals surface area contributed by atoms with E-state index in [2.05, 4.69) is 15.5 Å². The van der Waals surface area contributed by atoms with Gasteiger partial charge in [-0.25, -0.2) is 4.79 Å². The van der Waals surface area contributed by atoms with Crippen molar-refractivity contribution >= 4 is 17.6 Å². The van der Waals surface area contributed by atoms with Gasteiger partial charge in [0.1, 0.15) is 12.4 Å². The fourth-order valence-corrected chi connectivity index (χ4v) is 2.00. The van der Waals surface area contributed by atoms with Crippen molar-refractivity contribution in [2.75, 3.05) is 31.7 Å². The van der Waals surface area contributed by atoms with Crippen molar-refractivity contribution in [3.8, 4) is 5.75 Å². The van der Waals surface area contributed by atoms with Crippen LogP contribution in [0.15, 0.2) is 18.2 Å². The summed E-state index contributed by atoms with van der Waals surface area (Å²) in [6.45, 7) is 2.06. The molecule has 3 amide bonds. The summed E-state index contributed by atoms with van der Waals surface area (Å²) in [6, 6.07) is 4.30. The highest BCUT2D eigenvalue weighted by molar-refractivity contribution is 5.99. The van der Waals surface area contributed by atoms with Gasteiger partial charge in [-0.2, -0.15) is 0 Å².